The van der Waals surface area contributed by atoms with Crippen molar-refractivity contribution in [2.75, 3.05) is 18.9 Å². The van der Waals surface area contributed by atoms with Crippen LogP contribution in [0.2, 0.25) is 0 Å². The Balaban J connectivity index is 4.99. The van der Waals surface area contributed by atoms with Gasteiger partial charge in [0.15, 0.2) is 0 Å². The van der Waals surface area contributed by atoms with Crippen LogP contribution in [0.1, 0.15) is 13.8 Å². The number of aliphatic carboxylic acids is 1. The molecule has 0 aliphatic rings. The van der Waals surface area contributed by atoms with Gasteiger partial charge in [0.05, 0.1) is 13.2 Å². The SMILES string of the molecule is CC(C)C(NC(=O)C(CS)NC(=O)CN)C(=O)NC(CO)C(=O)O. The van der Waals surface area contributed by atoms with Crippen molar-refractivity contribution < 1.29 is 29.4 Å². The zero-order valence-electron chi connectivity index (χ0n) is 13.5. The van der Waals surface area contributed by atoms with Crippen molar-refractivity contribution in [3.63, 3.8) is 0 Å². The number of hydrogen-bond acceptors (Lipinski definition) is 7. The first-order valence-electron chi connectivity index (χ1n) is 7.22. The number of amides is 3. The number of carbonyl (C=O) groups excluding carboxylic acids is 3. The third-order valence-electron chi connectivity index (χ3n) is 3.06. The summed E-state index contributed by atoms with van der Waals surface area (Å²) >= 11 is 3.96. The van der Waals surface area contributed by atoms with Gasteiger partial charge in [0.1, 0.15) is 18.1 Å². The second-order valence-electron chi connectivity index (χ2n) is 5.32. The van der Waals surface area contributed by atoms with E-state index in [4.69, 9.17) is 15.9 Å². The third kappa shape index (κ3) is 7.15. The average molecular weight is 364 g/mol. The van der Waals surface area contributed by atoms with E-state index in [-0.39, 0.29) is 18.2 Å². The van der Waals surface area contributed by atoms with Crippen LogP contribution in [0.15, 0.2) is 0 Å². The smallest absolute Gasteiger partial charge is 0.328 e. The van der Waals surface area contributed by atoms with Crippen molar-refractivity contribution in [1.82, 2.24) is 16.0 Å². The molecule has 0 rings (SSSR count). The molecule has 3 unspecified atom stereocenters. The monoisotopic (exact) mass is 364 g/mol. The molecule has 0 aliphatic heterocycles. The Morgan fingerprint density at radius 2 is 1.62 bits per heavy atom. The number of carbonyl (C=O) groups is 4. The number of nitrogens with two attached hydrogens (primary N) is 1. The maximum Gasteiger partial charge on any atom is 0.328 e. The number of hydrogen-bond donors (Lipinski definition) is 7. The molecule has 0 aliphatic carbocycles. The van der Waals surface area contributed by atoms with Gasteiger partial charge in [-0.2, -0.15) is 12.6 Å². The lowest BCUT2D eigenvalue weighted by molar-refractivity contribution is -0.143. The number of carboxylic acid groups (broad SMARTS) is 1. The highest BCUT2D eigenvalue weighted by atomic mass is 32.1. The largest absolute Gasteiger partial charge is 0.480 e. The molecule has 0 aromatic carbocycles. The molecule has 24 heavy (non-hydrogen) atoms. The summed E-state index contributed by atoms with van der Waals surface area (Å²) in [5.41, 5.74) is 5.16. The van der Waals surface area contributed by atoms with E-state index >= 15 is 0 Å². The van der Waals surface area contributed by atoms with Crippen LogP contribution in [0.5, 0.6) is 0 Å². The van der Waals surface area contributed by atoms with Crippen molar-refractivity contribution in [3.05, 3.63) is 0 Å². The van der Waals surface area contributed by atoms with Crippen LogP contribution in [0, 0.1) is 5.92 Å². The predicted molar refractivity (Wildman–Crippen MR) is 88.3 cm³/mol. The Morgan fingerprint density at radius 3 is 2.00 bits per heavy atom. The summed E-state index contributed by atoms with van der Waals surface area (Å²) in [5.74, 6) is -3.75. The Bertz CT molecular complexity index is 473. The molecule has 0 radical (unpaired) electrons. The molecule has 138 valence electrons. The molecule has 0 saturated heterocycles. The summed E-state index contributed by atoms with van der Waals surface area (Å²) in [6, 6.07) is -3.53. The van der Waals surface area contributed by atoms with Gasteiger partial charge in [0.2, 0.25) is 17.7 Å². The minimum Gasteiger partial charge on any atom is -0.480 e. The van der Waals surface area contributed by atoms with E-state index in [0.29, 0.717) is 0 Å². The fourth-order valence-electron chi connectivity index (χ4n) is 1.68. The molecule has 0 aromatic heterocycles. The molecule has 7 N–H and O–H groups in total. The van der Waals surface area contributed by atoms with E-state index in [9.17, 15) is 19.2 Å². The van der Waals surface area contributed by atoms with Crippen molar-refractivity contribution in [2.24, 2.45) is 11.7 Å². The van der Waals surface area contributed by atoms with Gasteiger partial charge in [-0.3, -0.25) is 14.4 Å². The highest BCUT2D eigenvalue weighted by Crippen LogP contribution is 2.04. The number of aliphatic hydroxyl groups excluding tert-OH is 1. The summed E-state index contributed by atoms with van der Waals surface area (Å²) in [6.45, 7) is 2.20. The fraction of sp³-hybridized carbons (Fsp3) is 0.692. The Labute approximate surface area is 144 Å². The molecule has 0 bridgehead atoms. The van der Waals surface area contributed by atoms with E-state index in [2.05, 4.69) is 28.6 Å². The minimum atomic E-state index is -1.48. The second-order valence-corrected chi connectivity index (χ2v) is 5.68. The van der Waals surface area contributed by atoms with Crippen LogP contribution in [0.25, 0.3) is 0 Å². The van der Waals surface area contributed by atoms with Gasteiger partial charge < -0.3 is 31.9 Å². The van der Waals surface area contributed by atoms with E-state index in [0.717, 1.165) is 0 Å². The zero-order valence-corrected chi connectivity index (χ0v) is 14.4. The molecular weight excluding hydrogens is 340 g/mol. The van der Waals surface area contributed by atoms with E-state index in [1.54, 1.807) is 13.8 Å². The molecule has 3 amide bonds. The van der Waals surface area contributed by atoms with Crippen LogP contribution in [-0.4, -0.2) is 70.9 Å². The summed E-state index contributed by atoms with van der Waals surface area (Å²) in [5, 5.41) is 24.7. The Kier molecular flexibility index (Phi) is 10.0. The highest BCUT2D eigenvalue weighted by Gasteiger charge is 2.30. The van der Waals surface area contributed by atoms with E-state index in [1.165, 1.54) is 0 Å². The molecule has 3 atom stereocenters. The van der Waals surface area contributed by atoms with Gasteiger partial charge in [-0.15, -0.1) is 0 Å². The topological polar surface area (TPSA) is 171 Å². The Hall–Kier alpha value is -1.85. The van der Waals surface area contributed by atoms with Gasteiger partial charge in [-0.05, 0) is 5.92 Å². The summed E-state index contributed by atoms with van der Waals surface area (Å²) in [4.78, 5) is 46.5. The first-order chi connectivity index (χ1) is 11.2. The number of rotatable bonds is 10. The van der Waals surface area contributed by atoms with Gasteiger partial charge in [-0.25, -0.2) is 4.79 Å². The second kappa shape index (κ2) is 10.8. The van der Waals surface area contributed by atoms with Crippen molar-refractivity contribution in [2.45, 2.75) is 32.0 Å². The van der Waals surface area contributed by atoms with Gasteiger partial charge in [0.25, 0.3) is 0 Å². The van der Waals surface area contributed by atoms with Crippen LogP contribution in [-0.2, 0) is 19.2 Å². The predicted octanol–water partition coefficient (Wildman–Crippen LogP) is -2.94. The maximum absolute atomic E-state index is 12.2. The number of nitrogens with one attached hydrogen (secondary N) is 3. The lowest BCUT2D eigenvalue weighted by Gasteiger charge is -2.25. The van der Waals surface area contributed by atoms with Gasteiger partial charge >= 0.3 is 5.97 Å². The summed E-state index contributed by atoms with van der Waals surface area (Å²) in [6.07, 6.45) is 0. The first-order valence-corrected chi connectivity index (χ1v) is 7.85. The standard InChI is InChI=1S/C13H24N4O6S/c1-6(2)10(12(21)16-7(4-18)13(22)23)17-11(20)8(5-24)15-9(19)3-14/h6-8,10,18,24H,3-5,14H2,1-2H3,(H,15,19)(H,16,21)(H,17,20)(H,22,23). The minimum absolute atomic E-state index is 0.0155. The molecule has 10 nitrogen and oxygen atoms in total. The normalized spacial score (nSPS) is 14.4. The molecule has 0 spiro atoms. The lowest BCUT2D eigenvalue weighted by Crippen LogP contribution is -2.58. The molecule has 11 heteroatoms. The van der Waals surface area contributed by atoms with Gasteiger partial charge in [0, 0.05) is 5.75 Å². The number of carboxylic acids is 1. The molecule has 0 aromatic rings. The van der Waals surface area contributed by atoms with Crippen LogP contribution in [0.3, 0.4) is 0 Å². The lowest BCUT2D eigenvalue weighted by atomic mass is 10.0. The summed E-state index contributed by atoms with van der Waals surface area (Å²) < 4.78 is 0. The zero-order chi connectivity index (χ0) is 18.9. The van der Waals surface area contributed by atoms with Crippen molar-refractivity contribution in [1.29, 1.82) is 0 Å². The number of thiol groups is 1. The molecular formula is C13H24N4O6S. The summed E-state index contributed by atoms with van der Waals surface area (Å²) in [7, 11) is 0. The van der Waals surface area contributed by atoms with Crippen LogP contribution in [0.4, 0.5) is 0 Å². The first kappa shape index (κ1) is 22.1. The molecule has 0 heterocycles. The fourth-order valence-corrected chi connectivity index (χ4v) is 1.94. The Morgan fingerprint density at radius 1 is 1.04 bits per heavy atom. The van der Waals surface area contributed by atoms with Crippen molar-refractivity contribution >= 4 is 36.3 Å². The molecule has 0 saturated carbocycles. The highest BCUT2D eigenvalue weighted by molar-refractivity contribution is 7.80. The average Bonchev–Trinajstić information content (AvgIpc) is 2.53. The van der Waals surface area contributed by atoms with Crippen LogP contribution >= 0.6 is 12.6 Å². The number of aliphatic hydroxyl groups is 1. The van der Waals surface area contributed by atoms with Crippen molar-refractivity contribution in [3.8, 4) is 0 Å². The van der Waals surface area contributed by atoms with Crippen LogP contribution < -0.4 is 21.7 Å². The maximum atomic E-state index is 12.2. The van der Waals surface area contributed by atoms with Gasteiger partial charge in [-0.1, -0.05) is 13.8 Å². The van der Waals surface area contributed by atoms with E-state index in [1.807, 2.05) is 0 Å². The quantitative estimate of drug-likeness (QED) is 0.203. The van der Waals surface area contributed by atoms with E-state index < -0.39 is 48.4 Å². The molecule has 0 fully saturated rings. The third-order valence-corrected chi connectivity index (χ3v) is 3.43.